The molecule has 0 aromatic rings. The minimum absolute atomic E-state index is 1.11. The van der Waals surface area contributed by atoms with E-state index in [1.165, 1.54) is 64.2 Å². The van der Waals surface area contributed by atoms with Gasteiger partial charge in [-0.25, -0.2) is 0 Å². The zero-order valence-corrected chi connectivity index (χ0v) is 23.1. The SMILES string of the molecule is CCCCC[Si](C)(CCCCC)[Si](CCCCC)(CCCCC)CCCCC. The maximum Gasteiger partial charge on any atom is 0.0476 e. The summed E-state index contributed by atoms with van der Waals surface area (Å²) in [7, 11) is -2.24. The summed E-state index contributed by atoms with van der Waals surface area (Å²) in [5.41, 5.74) is 0. The van der Waals surface area contributed by atoms with Crippen LogP contribution in [0.5, 0.6) is 0 Å². The Labute approximate surface area is 182 Å². The average Bonchev–Trinajstić information content (AvgIpc) is 2.68. The maximum atomic E-state index is 2.94. The fourth-order valence-corrected chi connectivity index (χ4v) is 25.6. The highest BCUT2D eigenvalue weighted by Crippen LogP contribution is 2.42. The van der Waals surface area contributed by atoms with Crippen LogP contribution in [0.25, 0.3) is 0 Å². The lowest BCUT2D eigenvalue weighted by atomic mass is 10.3. The molecule has 28 heavy (non-hydrogen) atoms. The minimum atomic E-state index is -1.12. The number of hydrogen-bond acceptors (Lipinski definition) is 0. The molecule has 0 fully saturated rings. The van der Waals surface area contributed by atoms with Crippen molar-refractivity contribution in [3.8, 4) is 0 Å². The number of rotatable bonds is 21. The van der Waals surface area contributed by atoms with Crippen LogP contribution in [-0.2, 0) is 0 Å². The van der Waals surface area contributed by atoms with Gasteiger partial charge in [0.2, 0.25) is 0 Å². The first-order valence-corrected chi connectivity index (χ1v) is 20.1. The van der Waals surface area contributed by atoms with Gasteiger partial charge in [-0.2, -0.15) is 0 Å². The van der Waals surface area contributed by atoms with Crippen LogP contribution in [0.3, 0.4) is 0 Å². The minimum Gasteiger partial charge on any atom is -0.0711 e. The van der Waals surface area contributed by atoms with Gasteiger partial charge in [-0.05, 0) is 0 Å². The molecule has 0 N–H and O–H groups in total. The van der Waals surface area contributed by atoms with E-state index in [2.05, 4.69) is 41.2 Å². The van der Waals surface area contributed by atoms with Gasteiger partial charge in [-0.3, -0.25) is 0 Å². The van der Waals surface area contributed by atoms with E-state index < -0.39 is 15.2 Å². The maximum absolute atomic E-state index is 2.94. The number of hydrogen-bond donors (Lipinski definition) is 0. The molecular weight excluding hydrogens is 368 g/mol. The Hall–Kier alpha value is 0.434. The van der Waals surface area contributed by atoms with E-state index in [1.54, 1.807) is 62.3 Å². The van der Waals surface area contributed by atoms with Crippen molar-refractivity contribution in [3.63, 3.8) is 0 Å². The first kappa shape index (κ1) is 28.4. The van der Waals surface area contributed by atoms with Gasteiger partial charge >= 0.3 is 0 Å². The van der Waals surface area contributed by atoms with E-state index in [9.17, 15) is 0 Å². The van der Waals surface area contributed by atoms with Crippen LogP contribution < -0.4 is 0 Å². The number of unbranched alkanes of at least 4 members (excludes halogenated alkanes) is 10. The molecule has 0 nitrogen and oxygen atoms in total. The highest BCUT2D eigenvalue weighted by Gasteiger charge is 2.48. The van der Waals surface area contributed by atoms with Crippen molar-refractivity contribution < 1.29 is 0 Å². The molecule has 0 unspecified atom stereocenters. The molecule has 0 rings (SSSR count). The Morgan fingerprint density at radius 1 is 0.357 bits per heavy atom. The molecule has 0 spiro atoms. The van der Waals surface area contributed by atoms with Crippen LogP contribution in [0.2, 0.25) is 36.8 Å². The molecule has 0 amide bonds. The third kappa shape index (κ3) is 11.0. The Kier molecular flexibility index (Phi) is 18.5. The normalized spacial score (nSPS) is 12.6. The molecular formula is C26H58Si2. The summed E-state index contributed by atoms with van der Waals surface area (Å²) < 4.78 is 0. The van der Waals surface area contributed by atoms with E-state index >= 15 is 0 Å². The Morgan fingerprint density at radius 2 is 0.607 bits per heavy atom. The van der Waals surface area contributed by atoms with E-state index in [1.807, 2.05) is 0 Å². The molecule has 0 radical (unpaired) electrons. The molecule has 0 aliphatic carbocycles. The molecule has 0 heterocycles. The topological polar surface area (TPSA) is 0 Å². The van der Waals surface area contributed by atoms with Gasteiger partial charge in [-0.15, -0.1) is 0 Å². The van der Waals surface area contributed by atoms with Gasteiger partial charge in [0.05, 0.1) is 0 Å². The monoisotopic (exact) mass is 426 g/mol. The molecule has 0 bridgehead atoms. The lowest BCUT2D eigenvalue weighted by Gasteiger charge is -2.48. The average molecular weight is 427 g/mol. The first-order chi connectivity index (χ1) is 13.6. The van der Waals surface area contributed by atoms with Gasteiger partial charge in [0.15, 0.2) is 0 Å². The summed E-state index contributed by atoms with van der Waals surface area (Å²) in [4.78, 5) is 0. The van der Waals surface area contributed by atoms with Crippen molar-refractivity contribution in [2.75, 3.05) is 0 Å². The van der Waals surface area contributed by atoms with E-state index in [0.717, 1.165) is 0 Å². The fourth-order valence-electron chi connectivity index (χ4n) is 5.61. The standard InChI is InChI=1S/C26H58Si2/c1-7-12-17-22-27(6,23-18-13-8-2)28(24-19-14-9-3,25-20-15-10-4)26-21-16-11-5/h7-26H2,1-6H3. The van der Waals surface area contributed by atoms with Crippen molar-refractivity contribution in [2.24, 2.45) is 0 Å². The summed E-state index contributed by atoms with van der Waals surface area (Å²) in [6.45, 7) is 14.9. The Morgan fingerprint density at radius 3 is 0.857 bits per heavy atom. The molecule has 0 saturated heterocycles. The summed E-state index contributed by atoms with van der Waals surface area (Å²) in [5.74, 6) is 0. The second kappa shape index (κ2) is 18.2. The van der Waals surface area contributed by atoms with E-state index in [4.69, 9.17) is 0 Å². The van der Waals surface area contributed by atoms with E-state index in [-0.39, 0.29) is 0 Å². The van der Waals surface area contributed by atoms with Crippen molar-refractivity contribution in [1.29, 1.82) is 0 Å². The summed E-state index contributed by atoms with van der Waals surface area (Å²) in [6.07, 6.45) is 22.2. The summed E-state index contributed by atoms with van der Waals surface area (Å²) in [5, 5.41) is 0. The fraction of sp³-hybridized carbons (Fsp3) is 1.00. The highest BCUT2D eigenvalue weighted by atomic mass is 29.3. The Bertz CT molecular complexity index is 290. The summed E-state index contributed by atoms with van der Waals surface area (Å²) in [6, 6.07) is 8.47. The molecule has 170 valence electrons. The van der Waals surface area contributed by atoms with Crippen LogP contribution in [-0.4, -0.2) is 15.2 Å². The van der Waals surface area contributed by atoms with Gasteiger partial charge in [-0.1, -0.05) is 168 Å². The van der Waals surface area contributed by atoms with Gasteiger partial charge in [0, 0.05) is 15.2 Å². The first-order valence-electron chi connectivity index (χ1n) is 13.6. The summed E-state index contributed by atoms with van der Waals surface area (Å²) >= 11 is 0. The van der Waals surface area contributed by atoms with Crippen molar-refractivity contribution in [3.05, 3.63) is 0 Å². The van der Waals surface area contributed by atoms with Gasteiger partial charge < -0.3 is 0 Å². The zero-order chi connectivity index (χ0) is 21.1. The van der Waals surface area contributed by atoms with Crippen LogP contribution in [0.15, 0.2) is 0 Å². The molecule has 0 aliphatic heterocycles. The zero-order valence-electron chi connectivity index (χ0n) is 21.1. The highest BCUT2D eigenvalue weighted by molar-refractivity contribution is 7.42. The van der Waals surface area contributed by atoms with Gasteiger partial charge in [0.1, 0.15) is 0 Å². The lowest BCUT2D eigenvalue weighted by Crippen LogP contribution is -2.60. The largest absolute Gasteiger partial charge is 0.0711 e. The van der Waals surface area contributed by atoms with Crippen LogP contribution in [0, 0.1) is 0 Å². The van der Waals surface area contributed by atoms with Crippen molar-refractivity contribution in [1.82, 2.24) is 0 Å². The van der Waals surface area contributed by atoms with Crippen LogP contribution in [0.1, 0.15) is 131 Å². The smallest absolute Gasteiger partial charge is 0.0476 e. The van der Waals surface area contributed by atoms with Crippen molar-refractivity contribution >= 4 is 15.2 Å². The van der Waals surface area contributed by atoms with Crippen molar-refractivity contribution in [2.45, 2.75) is 168 Å². The predicted molar refractivity (Wildman–Crippen MR) is 139 cm³/mol. The second-order valence-electron chi connectivity index (χ2n) is 10.1. The van der Waals surface area contributed by atoms with Crippen LogP contribution >= 0.6 is 0 Å². The third-order valence-corrected chi connectivity index (χ3v) is 28.6. The second-order valence-corrected chi connectivity index (χ2v) is 25.1. The van der Waals surface area contributed by atoms with E-state index in [0.29, 0.717) is 0 Å². The quantitative estimate of drug-likeness (QED) is 0.126. The molecule has 0 aromatic heterocycles. The molecule has 0 aromatic carbocycles. The van der Waals surface area contributed by atoms with Gasteiger partial charge in [0.25, 0.3) is 0 Å². The molecule has 2 heteroatoms. The lowest BCUT2D eigenvalue weighted by molar-refractivity contribution is 0.713. The Balaban J connectivity index is 5.63. The molecule has 0 saturated carbocycles. The molecule has 0 atom stereocenters. The third-order valence-electron chi connectivity index (χ3n) is 7.72. The molecule has 0 aliphatic rings. The predicted octanol–water partition coefficient (Wildman–Crippen LogP) is 10.5. The van der Waals surface area contributed by atoms with Crippen LogP contribution in [0.4, 0.5) is 0 Å².